The summed E-state index contributed by atoms with van der Waals surface area (Å²) in [4.78, 5) is 25.9. The lowest BCUT2D eigenvalue weighted by Crippen LogP contribution is -2.47. The molecule has 5 heteroatoms. The predicted octanol–water partition coefficient (Wildman–Crippen LogP) is 3.81. The first kappa shape index (κ1) is 19.4. The van der Waals surface area contributed by atoms with Crippen molar-refractivity contribution in [3.05, 3.63) is 29.3 Å². The molecule has 1 heterocycles. The van der Waals surface area contributed by atoms with Crippen LogP contribution >= 0.6 is 0 Å². The van der Waals surface area contributed by atoms with Gasteiger partial charge in [-0.1, -0.05) is 52.3 Å². The predicted molar refractivity (Wildman–Crippen MR) is 100 cm³/mol. The first-order valence-electron chi connectivity index (χ1n) is 9.20. The third-order valence-electron chi connectivity index (χ3n) is 4.88. The van der Waals surface area contributed by atoms with Crippen LogP contribution in [0.15, 0.2) is 18.2 Å². The Morgan fingerprint density at radius 3 is 2.28 bits per heavy atom. The molecule has 1 aromatic rings. The summed E-state index contributed by atoms with van der Waals surface area (Å²) < 4.78 is 0. The van der Waals surface area contributed by atoms with Crippen molar-refractivity contribution in [1.82, 2.24) is 4.90 Å². The van der Waals surface area contributed by atoms with Crippen molar-refractivity contribution in [2.45, 2.75) is 64.8 Å². The van der Waals surface area contributed by atoms with Gasteiger partial charge in [-0.2, -0.15) is 0 Å². The van der Waals surface area contributed by atoms with E-state index in [1.807, 2.05) is 18.2 Å². The monoisotopic (exact) mass is 346 g/mol. The van der Waals surface area contributed by atoms with E-state index in [-0.39, 0.29) is 12.5 Å². The Morgan fingerprint density at radius 2 is 1.76 bits per heavy atom. The molecule has 25 heavy (non-hydrogen) atoms. The third-order valence-corrected chi connectivity index (χ3v) is 4.88. The van der Waals surface area contributed by atoms with E-state index in [0.717, 1.165) is 29.7 Å². The second-order valence-electron chi connectivity index (χ2n) is 7.49. The number of carbonyl (C=O) groups excluding carboxylic acids is 1. The number of aliphatic carboxylic acids is 1. The molecule has 0 spiro atoms. The number of carbonyl (C=O) groups is 2. The summed E-state index contributed by atoms with van der Waals surface area (Å²) in [5.74, 6) is -0.368. The molecule has 0 aromatic heterocycles. The SMILES string of the molecule is CC(C)c1cccc(C(C)C)c1NC(=O)CN1CCCCC1C(=O)O. The zero-order valence-electron chi connectivity index (χ0n) is 15.7. The Bertz CT molecular complexity index is 599. The molecule has 0 saturated carbocycles. The maximum atomic E-state index is 12.7. The molecular weight excluding hydrogens is 316 g/mol. The number of anilines is 1. The number of amides is 1. The van der Waals surface area contributed by atoms with Crippen LogP contribution in [-0.4, -0.2) is 41.0 Å². The largest absolute Gasteiger partial charge is 0.480 e. The molecule has 0 bridgehead atoms. The number of piperidine rings is 1. The fourth-order valence-corrected chi connectivity index (χ4v) is 3.52. The number of nitrogens with zero attached hydrogens (tertiary/aromatic N) is 1. The number of para-hydroxylation sites is 1. The molecule has 1 amide bonds. The highest BCUT2D eigenvalue weighted by Crippen LogP contribution is 2.32. The van der Waals surface area contributed by atoms with E-state index < -0.39 is 12.0 Å². The van der Waals surface area contributed by atoms with Gasteiger partial charge in [-0.05, 0) is 42.3 Å². The topological polar surface area (TPSA) is 69.6 Å². The highest BCUT2D eigenvalue weighted by atomic mass is 16.4. The Morgan fingerprint density at radius 1 is 1.16 bits per heavy atom. The Balaban J connectivity index is 2.18. The number of nitrogens with one attached hydrogen (secondary N) is 1. The number of rotatable bonds is 6. The number of carboxylic acids is 1. The molecule has 0 aliphatic carbocycles. The fraction of sp³-hybridized carbons (Fsp3) is 0.600. The molecule has 1 unspecified atom stereocenters. The van der Waals surface area contributed by atoms with E-state index in [0.29, 0.717) is 24.8 Å². The number of hydrogen-bond donors (Lipinski definition) is 2. The summed E-state index contributed by atoms with van der Waals surface area (Å²) in [7, 11) is 0. The van der Waals surface area contributed by atoms with E-state index in [9.17, 15) is 14.7 Å². The third kappa shape index (κ3) is 4.82. The molecule has 1 atom stereocenters. The molecule has 1 saturated heterocycles. The molecule has 1 aliphatic rings. The Labute approximate surface area is 150 Å². The van der Waals surface area contributed by atoms with Crippen LogP contribution < -0.4 is 5.32 Å². The lowest BCUT2D eigenvalue weighted by Gasteiger charge is -2.32. The van der Waals surface area contributed by atoms with Gasteiger partial charge in [-0.15, -0.1) is 0 Å². The summed E-state index contributed by atoms with van der Waals surface area (Å²) >= 11 is 0. The number of hydrogen-bond acceptors (Lipinski definition) is 3. The van der Waals surface area contributed by atoms with E-state index in [4.69, 9.17) is 0 Å². The van der Waals surface area contributed by atoms with Gasteiger partial charge in [-0.25, -0.2) is 0 Å². The molecule has 0 radical (unpaired) electrons. The van der Waals surface area contributed by atoms with Crippen molar-refractivity contribution < 1.29 is 14.7 Å². The molecule has 1 aromatic carbocycles. The maximum Gasteiger partial charge on any atom is 0.320 e. The van der Waals surface area contributed by atoms with Crippen molar-refractivity contribution in [2.24, 2.45) is 0 Å². The highest BCUT2D eigenvalue weighted by Gasteiger charge is 2.30. The Kier molecular flexibility index (Phi) is 6.59. The summed E-state index contributed by atoms with van der Waals surface area (Å²) in [5, 5.41) is 12.4. The summed E-state index contributed by atoms with van der Waals surface area (Å²) in [6.45, 7) is 9.23. The summed E-state index contributed by atoms with van der Waals surface area (Å²) in [5.41, 5.74) is 3.13. The van der Waals surface area contributed by atoms with Crippen LogP contribution in [-0.2, 0) is 9.59 Å². The highest BCUT2D eigenvalue weighted by molar-refractivity contribution is 5.94. The zero-order valence-corrected chi connectivity index (χ0v) is 15.7. The second kappa shape index (κ2) is 8.48. The lowest BCUT2D eigenvalue weighted by molar-refractivity contribution is -0.145. The molecule has 2 N–H and O–H groups in total. The minimum absolute atomic E-state index is 0.126. The molecular formula is C20H30N2O3. The van der Waals surface area contributed by atoms with Gasteiger partial charge in [0, 0.05) is 5.69 Å². The van der Waals surface area contributed by atoms with Crippen LogP contribution in [0.1, 0.15) is 69.9 Å². The second-order valence-corrected chi connectivity index (χ2v) is 7.49. The normalized spacial score (nSPS) is 18.6. The van der Waals surface area contributed by atoms with Crippen LogP contribution in [0, 0.1) is 0 Å². The summed E-state index contributed by atoms with van der Waals surface area (Å²) in [6.07, 6.45) is 2.46. The smallest absolute Gasteiger partial charge is 0.320 e. The van der Waals surface area contributed by atoms with Crippen molar-refractivity contribution >= 4 is 17.6 Å². The van der Waals surface area contributed by atoms with Crippen molar-refractivity contribution in [2.75, 3.05) is 18.4 Å². The van der Waals surface area contributed by atoms with Crippen LogP contribution in [0.4, 0.5) is 5.69 Å². The van der Waals surface area contributed by atoms with Crippen LogP contribution in [0.3, 0.4) is 0 Å². The van der Waals surface area contributed by atoms with Gasteiger partial charge >= 0.3 is 5.97 Å². The minimum Gasteiger partial charge on any atom is -0.480 e. The first-order valence-corrected chi connectivity index (χ1v) is 9.20. The van der Waals surface area contributed by atoms with E-state index in [2.05, 4.69) is 33.0 Å². The molecule has 1 fully saturated rings. The average molecular weight is 346 g/mol. The van der Waals surface area contributed by atoms with Crippen LogP contribution in [0.2, 0.25) is 0 Å². The van der Waals surface area contributed by atoms with Crippen LogP contribution in [0.5, 0.6) is 0 Å². The van der Waals surface area contributed by atoms with Crippen molar-refractivity contribution in [3.8, 4) is 0 Å². The van der Waals surface area contributed by atoms with Gasteiger partial charge in [-0.3, -0.25) is 14.5 Å². The minimum atomic E-state index is -0.835. The molecule has 138 valence electrons. The quantitative estimate of drug-likeness (QED) is 0.822. The van der Waals surface area contributed by atoms with Gasteiger partial charge in [0.05, 0.1) is 6.54 Å². The Hall–Kier alpha value is -1.88. The van der Waals surface area contributed by atoms with Crippen molar-refractivity contribution in [3.63, 3.8) is 0 Å². The van der Waals surface area contributed by atoms with Gasteiger partial charge in [0.1, 0.15) is 6.04 Å². The van der Waals surface area contributed by atoms with Gasteiger partial charge in [0.25, 0.3) is 0 Å². The number of benzene rings is 1. The van der Waals surface area contributed by atoms with Crippen LogP contribution in [0.25, 0.3) is 0 Å². The molecule has 2 rings (SSSR count). The van der Waals surface area contributed by atoms with Gasteiger partial charge in [0.15, 0.2) is 0 Å². The first-order chi connectivity index (χ1) is 11.8. The van der Waals surface area contributed by atoms with Crippen molar-refractivity contribution in [1.29, 1.82) is 0 Å². The van der Waals surface area contributed by atoms with Gasteiger partial charge < -0.3 is 10.4 Å². The molecule has 5 nitrogen and oxygen atoms in total. The van der Waals surface area contributed by atoms with E-state index in [1.54, 1.807) is 4.90 Å². The molecule has 1 aliphatic heterocycles. The van der Waals surface area contributed by atoms with E-state index >= 15 is 0 Å². The fourth-order valence-electron chi connectivity index (χ4n) is 3.52. The lowest BCUT2D eigenvalue weighted by atomic mass is 9.92. The average Bonchev–Trinajstić information content (AvgIpc) is 2.54. The zero-order chi connectivity index (χ0) is 18.6. The van der Waals surface area contributed by atoms with Gasteiger partial charge in [0.2, 0.25) is 5.91 Å². The number of likely N-dealkylation sites (tertiary alicyclic amines) is 1. The number of carboxylic acid groups (broad SMARTS) is 1. The standard InChI is InChI=1S/C20H30N2O3/c1-13(2)15-8-7-9-16(14(3)4)19(15)21-18(23)12-22-11-6-5-10-17(22)20(24)25/h7-9,13-14,17H,5-6,10-12H2,1-4H3,(H,21,23)(H,24,25). The summed E-state index contributed by atoms with van der Waals surface area (Å²) in [6, 6.07) is 5.58. The maximum absolute atomic E-state index is 12.7. The van der Waals surface area contributed by atoms with E-state index in [1.165, 1.54) is 0 Å².